The molecule has 118 valence electrons. The zero-order valence-electron chi connectivity index (χ0n) is 12.6. The van der Waals surface area contributed by atoms with E-state index in [-0.39, 0.29) is 17.8 Å². The Kier molecular flexibility index (Phi) is 4.55. The standard InChI is InChI=1S/C17H21FN2O2/c1-2-8-22-16-10-15-11-20(7-6-19(15)12-16)17(21)13-4-3-5-14(18)9-13/h2-5,9,15-16H,1,6-8,10-12H2/t15-,16+/m0/s1. The topological polar surface area (TPSA) is 32.8 Å². The number of piperazine rings is 1. The number of ether oxygens (including phenoxy) is 1. The molecule has 2 fully saturated rings. The van der Waals surface area contributed by atoms with Crippen molar-refractivity contribution in [2.75, 3.05) is 32.8 Å². The SMILES string of the molecule is C=CCO[C@@H]1C[C@H]2CN(C(=O)c3cccc(F)c3)CCN2C1. The first-order valence-corrected chi connectivity index (χ1v) is 7.69. The molecule has 0 aromatic heterocycles. The summed E-state index contributed by atoms with van der Waals surface area (Å²) < 4.78 is 19.0. The number of benzene rings is 1. The van der Waals surface area contributed by atoms with Gasteiger partial charge in [-0.3, -0.25) is 9.69 Å². The summed E-state index contributed by atoms with van der Waals surface area (Å²) in [4.78, 5) is 16.7. The second kappa shape index (κ2) is 6.58. The molecule has 2 aliphatic heterocycles. The predicted octanol–water partition coefficient (Wildman–Crippen LogP) is 1.93. The first-order chi connectivity index (χ1) is 10.7. The van der Waals surface area contributed by atoms with Gasteiger partial charge in [-0.05, 0) is 24.6 Å². The predicted molar refractivity (Wildman–Crippen MR) is 82.2 cm³/mol. The van der Waals surface area contributed by atoms with Gasteiger partial charge >= 0.3 is 0 Å². The molecule has 1 aromatic carbocycles. The maximum Gasteiger partial charge on any atom is 0.254 e. The Morgan fingerprint density at radius 3 is 3.05 bits per heavy atom. The van der Waals surface area contributed by atoms with E-state index in [1.54, 1.807) is 18.2 Å². The number of fused-ring (bicyclic) bond motifs is 1. The van der Waals surface area contributed by atoms with Crippen LogP contribution >= 0.6 is 0 Å². The van der Waals surface area contributed by atoms with Crippen LogP contribution in [0.25, 0.3) is 0 Å². The number of halogens is 1. The summed E-state index contributed by atoms with van der Waals surface area (Å²) in [6.07, 6.45) is 2.91. The van der Waals surface area contributed by atoms with E-state index >= 15 is 0 Å². The molecule has 2 aliphatic rings. The van der Waals surface area contributed by atoms with E-state index in [0.717, 1.165) is 19.5 Å². The molecule has 0 unspecified atom stereocenters. The van der Waals surface area contributed by atoms with Crippen LogP contribution in [-0.4, -0.2) is 60.6 Å². The van der Waals surface area contributed by atoms with Gasteiger partial charge in [-0.2, -0.15) is 0 Å². The highest BCUT2D eigenvalue weighted by Gasteiger charge is 2.37. The summed E-state index contributed by atoms with van der Waals surface area (Å²) in [5.41, 5.74) is 0.422. The third kappa shape index (κ3) is 3.20. The lowest BCUT2D eigenvalue weighted by Gasteiger charge is -2.37. The van der Waals surface area contributed by atoms with Crippen molar-refractivity contribution in [3.05, 3.63) is 48.3 Å². The minimum Gasteiger partial charge on any atom is -0.373 e. The summed E-state index contributed by atoms with van der Waals surface area (Å²) in [5.74, 6) is -0.460. The van der Waals surface area contributed by atoms with Crippen molar-refractivity contribution in [3.63, 3.8) is 0 Å². The average Bonchev–Trinajstić information content (AvgIpc) is 2.94. The molecule has 5 heteroatoms. The highest BCUT2D eigenvalue weighted by atomic mass is 19.1. The average molecular weight is 304 g/mol. The van der Waals surface area contributed by atoms with Crippen LogP contribution in [0.1, 0.15) is 16.8 Å². The molecule has 3 rings (SSSR count). The molecule has 1 amide bonds. The monoisotopic (exact) mass is 304 g/mol. The van der Waals surface area contributed by atoms with Crippen LogP contribution in [0.3, 0.4) is 0 Å². The van der Waals surface area contributed by atoms with Crippen molar-refractivity contribution in [3.8, 4) is 0 Å². The Balaban J connectivity index is 1.62. The molecule has 2 atom stereocenters. The minimum absolute atomic E-state index is 0.0883. The fraction of sp³-hybridized carbons (Fsp3) is 0.471. The van der Waals surface area contributed by atoms with E-state index in [1.807, 2.05) is 4.90 Å². The molecule has 0 saturated carbocycles. The number of hydrogen-bond acceptors (Lipinski definition) is 3. The van der Waals surface area contributed by atoms with Crippen LogP contribution in [0, 0.1) is 5.82 Å². The summed E-state index contributed by atoms with van der Waals surface area (Å²) in [6.45, 7) is 7.36. The normalized spacial score (nSPS) is 25.0. The van der Waals surface area contributed by atoms with Crippen LogP contribution in [0.4, 0.5) is 4.39 Å². The first kappa shape index (κ1) is 15.2. The van der Waals surface area contributed by atoms with Gasteiger partial charge in [0.2, 0.25) is 0 Å². The number of hydrogen-bond donors (Lipinski definition) is 0. The quantitative estimate of drug-likeness (QED) is 0.797. The van der Waals surface area contributed by atoms with Gasteiger partial charge in [-0.25, -0.2) is 4.39 Å². The number of carbonyl (C=O) groups excluding carboxylic acids is 1. The second-order valence-corrected chi connectivity index (χ2v) is 5.89. The van der Waals surface area contributed by atoms with Gasteiger partial charge in [-0.15, -0.1) is 6.58 Å². The Labute approximate surface area is 130 Å². The summed E-state index contributed by atoms with van der Waals surface area (Å²) in [5, 5.41) is 0. The van der Waals surface area contributed by atoms with Crippen LogP contribution in [0.2, 0.25) is 0 Å². The summed E-state index contributed by atoms with van der Waals surface area (Å²) in [7, 11) is 0. The van der Waals surface area contributed by atoms with E-state index in [2.05, 4.69) is 11.5 Å². The van der Waals surface area contributed by atoms with E-state index in [4.69, 9.17) is 4.74 Å². The van der Waals surface area contributed by atoms with Gasteiger partial charge in [-0.1, -0.05) is 12.1 Å². The number of carbonyl (C=O) groups is 1. The molecule has 2 heterocycles. The molecular formula is C17H21FN2O2. The van der Waals surface area contributed by atoms with Crippen molar-refractivity contribution in [1.29, 1.82) is 0 Å². The third-order valence-electron chi connectivity index (χ3n) is 4.39. The molecule has 0 aliphatic carbocycles. The van der Waals surface area contributed by atoms with Crippen LogP contribution in [0.15, 0.2) is 36.9 Å². The van der Waals surface area contributed by atoms with Gasteiger partial charge < -0.3 is 9.64 Å². The van der Waals surface area contributed by atoms with Crippen molar-refractivity contribution in [2.45, 2.75) is 18.6 Å². The molecule has 1 aromatic rings. The number of amides is 1. The molecule has 0 spiro atoms. The summed E-state index contributed by atoms with van der Waals surface area (Å²) in [6, 6.07) is 6.24. The Bertz CT molecular complexity index is 563. The maximum absolute atomic E-state index is 13.3. The zero-order chi connectivity index (χ0) is 15.5. The van der Waals surface area contributed by atoms with Crippen molar-refractivity contribution in [1.82, 2.24) is 9.80 Å². The molecule has 0 N–H and O–H groups in total. The lowest BCUT2D eigenvalue weighted by Crippen LogP contribution is -2.52. The molecular weight excluding hydrogens is 283 g/mol. The lowest BCUT2D eigenvalue weighted by atomic mass is 10.1. The van der Waals surface area contributed by atoms with E-state index in [0.29, 0.717) is 31.3 Å². The van der Waals surface area contributed by atoms with E-state index in [1.165, 1.54) is 12.1 Å². The Hall–Kier alpha value is -1.72. The Morgan fingerprint density at radius 1 is 1.41 bits per heavy atom. The summed E-state index contributed by atoms with van der Waals surface area (Å²) >= 11 is 0. The minimum atomic E-state index is -0.372. The fourth-order valence-corrected chi connectivity index (χ4v) is 3.31. The largest absolute Gasteiger partial charge is 0.373 e. The first-order valence-electron chi connectivity index (χ1n) is 7.69. The molecule has 22 heavy (non-hydrogen) atoms. The smallest absolute Gasteiger partial charge is 0.254 e. The number of rotatable bonds is 4. The van der Waals surface area contributed by atoms with E-state index in [9.17, 15) is 9.18 Å². The fourth-order valence-electron chi connectivity index (χ4n) is 3.31. The zero-order valence-corrected chi connectivity index (χ0v) is 12.6. The van der Waals surface area contributed by atoms with Crippen molar-refractivity contribution < 1.29 is 13.9 Å². The van der Waals surface area contributed by atoms with E-state index < -0.39 is 0 Å². The second-order valence-electron chi connectivity index (χ2n) is 5.89. The number of nitrogens with zero attached hydrogens (tertiary/aromatic N) is 2. The maximum atomic E-state index is 13.3. The van der Waals surface area contributed by atoms with Gasteiger partial charge in [0, 0.05) is 37.8 Å². The van der Waals surface area contributed by atoms with Crippen LogP contribution in [-0.2, 0) is 4.74 Å². The van der Waals surface area contributed by atoms with Crippen LogP contribution < -0.4 is 0 Å². The molecule has 4 nitrogen and oxygen atoms in total. The lowest BCUT2D eigenvalue weighted by molar-refractivity contribution is 0.0560. The van der Waals surface area contributed by atoms with Gasteiger partial charge in [0.05, 0.1) is 12.7 Å². The van der Waals surface area contributed by atoms with Crippen molar-refractivity contribution in [2.24, 2.45) is 0 Å². The Morgan fingerprint density at radius 2 is 2.27 bits per heavy atom. The third-order valence-corrected chi connectivity index (χ3v) is 4.39. The molecule has 0 bridgehead atoms. The molecule has 2 saturated heterocycles. The van der Waals surface area contributed by atoms with Gasteiger partial charge in [0.15, 0.2) is 0 Å². The highest BCUT2D eigenvalue weighted by molar-refractivity contribution is 5.94. The van der Waals surface area contributed by atoms with Crippen LogP contribution in [0.5, 0.6) is 0 Å². The highest BCUT2D eigenvalue weighted by Crippen LogP contribution is 2.25. The molecule has 0 radical (unpaired) electrons. The van der Waals surface area contributed by atoms with Gasteiger partial charge in [0.25, 0.3) is 5.91 Å². The van der Waals surface area contributed by atoms with Crippen molar-refractivity contribution >= 4 is 5.91 Å². The van der Waals surface area contributed by atoms with Gasteiger partial charge in [0.1, 0.15) is 5.82 Å².